The van der Waals surface area contributed by atoms with E-state index in [1.54, 1.807) is 0 Å². The van der Waals surface area contributed by atoms with Crippen LogP contribution >= 0.6 is 0 Å². The molecule has 4 heteroatoms. The second-order valence-corrected chi connectivity index (χ2v) is 4.57. The molecule has 0 aliphatic carbocycles. The van der Waals surface area contributed by atoms with Crippen LogP contribution in [0.5, 0.6) is 0 Å². The van der Waals surface area contributed by atoms with Gasteiger partial charge in [-0.25, -0.2) is 4.98 Å². The molecule has 2 aromatic heterocycles. The molecule has 1 aliphatic rings. The summed E-state index contributed by atoms with van der Waals surface area (Å²) in [6.45, 7) is 3.66. The molecule has 1 saturated heterocycles. The van der Waals surface area contributed by atoms with Crippen molar-refractivity contribution in [1.82, 2.24) is 14.7 Å². The first-order chi connectivity index (χ1) is 8.42. The van der Waals surface area contributed by atoms with Gasteiger partial charge in [-0.2, -0.15) is 0 Å². The van der Waals surface area contributed by atoms with E-state index in [0.717, 1.165) is 31.0 Å². The normalized spacial score (nSPS) is 20.1. The predicted molar refractivity (Wildman–Crippen MR) is 65.8 cm³/mol. The van der Waals surface area contributed by atoms with Crippen LogP contribution in [0.25, 0.3) is 5.65 Å². The quantitative estimate of drug-likeness (QED) is 0.865. The van der Waals surface area contributed by atoms with E-state index in [2.05, 4.69) is 10.3 Å². The summed E-state index contributed by atoms with van der Waals surface area (Å²) in [7, 11) is 0. The Bertz CT molecular complexity index is 455. The lowest BCUT2D eigenvalue weighted by molar-refractivity contribution is 0.0905. The smallest absolute Gasteiger partial charge is 0.137 e. The average Bonchev–Trinajstić information content (AvgIpc) is 2.96. The van der Waals surface area contributed by atoms with Crippen LogP contribution in [0.2, 0.25) is 0 Å². The molecule has 0 saturated carbocycles. The summed E-state index contributed by atoms with van der Waals surface area (Å²) in [5, 5.41) is 3.34. The van der Waals surface area contributed by atoms with Gasteiger partial charge < -0.3 is 14.5 Å². The Hall–Kier alpha value is -1.39. The molecule has 0 amide bonds. The number of imidazole rings is 1. The summed E-state index contributed by atoms with van der Waals surface area (Å²) < 4.78 is 7.74. The molecule has 0 bridgehead atoms. The van der Waals surface area contributed by atoms with Crippen molar-refractivity contribution in [2.24, 2.45) is 5.92 Å². The van der Waals surface area contributed by atoms with Crippen LogP contribution in [0.3, 0.4) is 0 Å². The Morgan fingerprint density at radius 1 is 1.47 bits per heavy atom. The first-order valence-electron chi connectivity index (χ1n) is 6.13. The average molecular weight is 231 g/mol. The van der Waals surface area contributed by atoms with Crippen LogP contribution in [0.15, 0.2) is 30.6 Å². The van der Waals surface area contributed by atoms with Crippen LogP contribution in [0.4, 0.5) is 0 Å². The van der Waals surface area contributed by atoms with Crippen molar-refractivity contribution in [1.29, 1.82) is 0 Å². The third-order valence-electron chi connectivity index (χ3n) is 3.18. The fourth-order valence-corrected chi connectivity index (χ4v) is 2.24. The van der Waals surface area contributed by atoms with E-state index in [0.29, 0.717) is 12.5 Å². The summed E-state index contributed by atoms with van der Waals surface area (Å²) in [4.78, 5) is 4.50. The summed E-state index contributed by atoms with van der Waals surface area (Å²) in [5.41, 5.74) is 1.98. The summed E-state index contributed by atoms with van der Waals surface area (Å²) in [5.74, 6) is 0.673. The molecule has 1 fully saturated rings. The van der Waals surface area contributed by atoms with Gasteiger partial charge in [0.05, 0.1) is 18.9 Å². The maximum Gasteiger partial charge on any atom is 0.137 e. The minimum atomic E-state index is 0.609. The summed E-state index contributed by atoms with van der Waals surface area (Å²) >= 11 is 0. The van der Waals surface area contributed by atoms with Gasteiger partial charge >= 0.3 is 0 Å². The van der Waals surface area contributed by atoms with Gasteiger partial charge in [0.15, 0.2) is 0 Å². The Kier molecular flexibility index (Phi) is 3.07. The van der Waals surface area contributed by atoms with E-state index in [1.165, 1.54) is 6.42 Å². The lowest BCUT2D eigenvalue weighted by Crippen LogP contribution is -2.13. The highest BCUT2D eigenvalue weighted by atomic mass is 16.5. The van der Waals surface area contributed by atoms with E-state index in [4.69, 9.17) is 4.74 Å². The molecule has 3 rings (SSSR count). The van der Waals surface area contributed by atoms with Gasteiger partial charge in [0.1, 0.15) is 5.65 Å². The second-order valence-electron chi connectivity index (χ2n) is 4.57. The number of rotatable bonds is 4. The Labute approximate surface area is 101 Å². The lowest BCUT2D eigenvalue weighted by Gasteiger charge is -2.07. The van der Waals surface area contributed by atoms with E-state index >= 15 is 0 Å². The Balaban J connectivity index is 1.57. The van der Waals surface area contributed by atoms with Crippen LogP contribution in [-0.2, 0) is 11.3 Å². The van der Waals surface area contributed by atoms with Gasteiger partial charge in [-0.15, -0.1) is 0 Å². The van der Waals surface area contributed by atoms with Crippen molar-refractivity contribution < 1.29 is 4.74 Å². The zero-order chi connectivity index (χ0) is 11.5. The van der Waals surface area contributed by atoms with E-state index in [1.807, 2.05) is 35.0 Å². The highest BCUT2D eigenvalue weighted by Gasteiger charge is 2.14. The molecule has 90 valence electrons. The first kappa shape index (κ1) is 10.7. The highest BCUT2D eigenvalue weighted by Crippen LogP contribution is 2.10. The van der Waals surface area contributed by atoms with Crippen molar-refractivity contribution in [3.05, 3.63) is 36.3 Å². The fourth-order valence-electron chi connectivity index (χ4n) is 2.24. The molecule has 3 heterocycles. The van der Waals surface area contributed by atoms with Gasteiger partial charge in [0.25, 0.3) is 0 Å². The molecule has 0 spiro atoms. The molecule has 4 nitrogen and oxygen atoms in total. The number of hydrogen-bond donors (Lipinski definition) is 1. The fraction of sp³-hybridized carbons (Fsp3) is 0.462. The molecule has 0 radical (unpaired) electrons. The summed E-state index contributed by atoms with van der Waals surface area (Å²) in [6.07, 6.45) is 5.26. The second kappa shape index (κ2) is 4.85. The van der Waals surface area contributed by atoms with Crippen molar-refractivity contribution in [2.45, 2.75) is 13.0 Å². The zero-order valence-electron chi connectivity index (χ0n) is 9.80. The maximum absolute atomic E-state index is 5.72. The predicted octanol–water partition coefficient (Wildman–Crippen LogP) is 1.46. The van der Waals surface area contributed by atoms with Gasteiger partial charge in [-0.3, -0.25) is 0 Å². The highest BCUT2D eigenvalue weighted by molar-refractivity contribution is 5.39. The largest absolute Gasteiger partial charge is 0.375 e. The number of nitrogens with zero attached hydrogens (tertiary/aromatic N) is 2. The van der Waals surface area contributed by atoms with Crippen LogP contribution in [0.1, 0.15) is 12.1 Å². The van der Waals surface area contributed by atoms with E-state index in [-0.39, 0.29) is 0 Å². The Morgan fingerprint density at radius 2 is 2.47 bits per heavy atom. The standard InChI is InChI=1S/C13H17N3O/c1-2-6-16-8-12(15-13(16)3-1)10-17-9-11-4-5-14-7-11/h1-3,6,8,11,14H,4-5,7,9-10H2. The number of nitrogens with one attached hydrogen (secondary N) is 1. The van der Waals surface area contributed by atoms with E-state index in [9.17, 15) is 0 Å². The van der Waals surface area contributed by atoms with Crippen molar-refractivity contribution in [2.75, 3.05) is 19.7 Å². The summed E-state index contributed by atoms with van der Waals surface area (Å²) in [6, 6.07) is 6.01. The van der Waals surface area contributed by atoms with Gasteiger partial charge in [-0.1, -0.05) is 6.07 Å². The minimum Gasteiger partial charge on any atom is -0.375 e. The molecule has 17 heavy (non-hydrogen) atoms. The third-order valence-corrected chi connectivity index (χ3v) is 3.18. The number of fused-ring (bicyclic) bond motifs is 1. The van der Waals surface area contributed by atoms with Crippen molar-refractivity contribution >= 4 is 5.65 Å². The Morgan fingerprint density at radius 3 is 3.29 bits per heavy atom. The van der Waals surface area contributed by atoms with Gasteiger partial charge in [0.2, 0.25) is 0 Å². The number of hydrogen-bond acceptors (Lipinski definition) is 3. The number of aromatic nitrogens is 2. The third kappa shape index (κ3) is 2.48. The molecule has 1 atom stereocenters. The molecular formula is C13H17N3O. The SMILES string of the molecule is c1ccn2cc(COCC3CCNC3)nc2c1. The maximum atomic E-state index is 5.72. The molecule has 0 aromatic carbocycles. The van der Waals surface area contributed by atoms with E-state index < -0.39 is 0 Å². The molecule has 1 unspecified atom stereocenters. The number of ether oxygens (including phenoxy) is 1. The molecule has 1 aliphatic heterocycles. The minimum absolute atomic E-state index is 0.609. The monoisotopic (exact) mass is 231 g/mol. The molecule has 2 aromatic rings. The molecular weight excluding hydrogens is 214 g/mol. The first-order valence-corrected chi connectivity index (χ1v) is 6.13. The lowest BCUT2D eigenvalue weighted by atomic mass is 10.1. The van der Waals surface area contributed by atoms with Crippen molar-refractivity contribution in [3.8, 4) is 0 Å². The topological polar surface area (TPSA) is 38.6 Å². The number of pyridine rings is 1. The van der Waals surface area contributed by atoms with Crippen LogP contribution in [0, 0.1) is 5.92 Å². The van der Waals surface area contributed by atoms with Crippen LogP contribution in [-0.4, -0.2) is 29.1 Å². The molecule has 1 N–H and O–H groups in total. The zero-order valence-corrected chi connectivity index (χ0v) is 9.80. The van der Waals surface area contributed by atoms with Gasteiger partial charge in [0, 0.05) is 18.9 Å². The van der Waals surface area contributed by atoms with Gasteiger partial charge in [-0.05, 0) is 31.0 Å². The van der Waals surface area contributed by atoms with Crippen LogP contribution < -0.4 is 5.32 Å². The van der Waals surface area contributed by atoms with Crippen molar-refractivity contribution in [3.63, 3.8) is 0 Å².